The second kappa shape index (κ2) is 7.85. The molecule has 0 saturated carbocycles. The number of carbonyl (C=O) groups is 1. The van der Waals surface area contributed by atoms with Crippen LogP contribution in [0.1, 0.15) is 30.4 Å². The monoisotopic (exact) mass is 418 g/mol. The summed E-state index contributed by atoms with van der Waals surface area (Å²) < 4.78 is 28.1. The Balaban J connectivity index is 1.41. The molecule has 0 bridgehead atoms. The number of aryl methyl sites for hydroxylation is 2. The fraction of sp³-hybridized carbons (Fsp3) is 0.381. The molecule has 0 radical (unpaired) electrons. The van der Waals surface area contributed by atoms with Crippen LogP contribution in [0.3, 0.4) is 0 Å². The van der Waals surface area contributed by atoms with E-state index in [0.717, 1.165) is 36.9 Å². The number of hydrogen-bond acceptors (Lipinski definition) is 3. The van der Waals surface area contributed by atoms with E-state index in [1.165, 1.54) is 5.56 Å². The molecular formula is C21H23ClN2O3S. The largest absolute Gasteiger partial charge is 0.312 e. The number of sulfonamides is 1. The normalized spacial score (nSPS) is 19.7. The molecule has 1 saturated heterocycles. The first-order chi connectivity index (χ1) is 13.4. The molecule has 2 aromatic carbocycles. The lowest BCUT2D eigenvalue weighted by atomic mass is 9.92. The molecule has 5 nitrogen and oxygen atoms in total. The van der Waals surface area contributed by atoms with Gasteiger partial charge in [0.25, 0.3) is 0 Å². The number of rotatable bonds is 5. The van der Waals surface area contributed by atoms with Crippen molar-refractivity contribution in [2.45, 2.75) is 37.0 Å². The quantitative estimate of drug-likeness (QED) is 0.807. The molecule has 1 fully saturated rings. The zero-order valence-electron chi connectivity index (χ0n) is 15.5. The first-order valence-corrected chi connectivity index (χ1v) is 11.5. The minimum Gasteiger partial charge on any atom is -0.312 e. The van der Waals surface area contributed by atoms with Crippen molar-refractivity contribution in [3.63, 3.8) is 0 Å². The lowest BCUT2D eigenvalue weighted by Crippen LogP contribution is -2.31. The first kappa shape index (κ1) is 19.4. The number of hydrogen-bond donors (Lipinski definition) is 1. The maximum Gasteiger partial charge on any atom is 0.240 e. The molecule has 1 aliphatic carbocycles. The summed E-state index contributed by atoms with van der Waals surface area (Å²) in [7, 11) is -3.58. The van der Waals surface area contributed by atoms with E-state index in [-0.39, 0.29) is 18.4 Å². The molecule has 1 N–H and O–H groups in total. The second-order valence-corrected chi connectivity index (χ2v) is 9.74. The molecule has 1 aliphatic heterocycles. The highest BCUT2D eigenvalue weighted by Gasteiger charge is 2.31. The average molecular weight is 419 g/mol. The van der Waals surface area contributed by atoms with Gasteiger partial charge in [-0.3, -0.25) is 4.79 Å². The minimum absolute atomic E-state index is 0.000279. The number of halogens is 1. The van der Waals surface area contributed by atoms with Crippen LogP contribution in [0.25, 0.3) is 0 Å². The summed E-state index contributed by atoms with van der Waals surface area (Å²) in [4.78, 5) is 14.3. The molecule has 1 amide bonds. The van der Waals surface area contributed by atoms with Crippen molar-refractivity contribution in [1.29, 1.82) is 0 Å². The van der Waals surface area contributed by atoms with Gasteiger partial charge in [0, 0.05) is 30.2 Å². The van der Waals surface area contributed by atoms with Gasteiger partial charge in [0.15, 0.2) is 0 Å². The number of carbonyl (C=O) groups excluding carboxylic acids is 1. The predicted octanol–water partition coefficient (Wildman–Crippen LogP) is 3.55. The Kier molecular flexibility index (Phi) is 5.45. The summed E-state index contributed by atoms with van der Waals surface area (Å²) in [6.07, 6.45) is 4.56. The molecule has 0 aromatic heterocycles. The van der Waals surface area contributed by atoms with Gasteiger partial charge in [0.05, 0.1) is 4.90 Å². The number of nitrogens with zero attached hydrogens (tertiary/aromatic N) is 1. The number of anilines is 1. The van der Waals surface area contributed by atoms with Crippen molar-refractivity contribution >= 4 is 33.2 Å². The molecule has 7 heteroatoms. The van der Waals surface area contributed by atoms with E-state index < -0.39 is 10.0 Å². The average Bonchev–Trinajstić information content (AvgIpc) is 3.07. The molecule has 1 atom stereocenters. The summed E-state index contributed by atoms with van der Waals surface area (Å²) >= 11 is 5.91. The van der Waals surface area contributed by atoms with Crippen molar-refractivity contribution in [1.82, 2.24) is 4.72 Å². The van der Waals surface area contributed by atoms with E-state index in [2.05, 4.69) is 4.72 Å². The third-order valence-corrected chi connectivity index (χ3v) is 7.21. The summed E-state index contributed by atoms with van der Waals surface area (Å²) in [6.45, 7) is 0.739. The fourth-order valence-corrected chi connectivity index (χ4v) is 5.27. The Bertz CT molecular complexity index is 989. The van der Waals surface area contributed by atoms with Crippen LogP contribution in [0.15, 0.2) is 47.4 Å². The van der Waals surface area contributed by atoms with Gasteiger partial charge in [-0.15, -0.1) is 0 Å². The third kappa shape index (κ3) is 4.09. The number of benzene rings is 2. The SMILES string of the molecule is O=C1C[C@@H](CNS(=O)(=O)c2ccc3c(c2)CCCC3)CN1c1ccc(Cl)cc1. The van der Waals surface area contributed by atoms with E-state index in [0.29, 0.717) is 22.9 Å². The highest BCUT2D eigenvalue weighted by atomic mass is 35.5. The van der Waals surface area contributed by atoms with Crippen LogP contribution in [0.5, 0.6) is 0 Å². The first-order valence-electron chi connectivity index (χ1n) is 9.60. The Labute approximate surface area is 170 Å². The molecule has 0 spiro atoms. The van der Waals surface area contributed by atoms with Crippen LogP contribution >= 0.6 is 11.6 Å². The molecule has 148 valence electrons. The van der Waals surface area contributed by atoms with Gasteiger partial charge in [-0.2, -0.15) is 0 Å². The standard InChI is InChI=1S/C21H23ClN2O3S/c22-18-6-8-19(9-7-18)24-14-15(11-21(24)25)13-23-28(26,27)20-10-5-16-3-1-2-4-17(16)12-20/h5-10,12,15,23H,1-4,11,13-14H2/t15-/m0/s1. The summed E-state index contributed by atoms with van der Waals surface area (Å²) in [6, 6.07) is 12.5. The Morgan fingerprint density at radius 2 is 1.75 bits per heavy atom. The van der Waals surface area contributed by atoms with Crippen LogP contribution in [0.4, 0.5) is 5.69 Å². The van der Waals surface area contributed by atoms with E-state index in [1.54, 1.807) is 41.3 Å². The van der Waals surface area contributed by atoms with Crippen LogP contribution in [-0.2, 0) is 27.7 Å². The zero-order valence-corrected chi connectivity index (χ0v) is 17.1. The van der Waals surface area contributed by atoms with Gasteiger partial charge in [-0.05, 0) is 79.1 Å². The van der Waals surface area contributed by atoms with Crippen molar-refractivity contribution in [2.75, 3.05) is 18.0 Å². The van der Waals surface area contributed by atoms with Crippen molar-refractivity contribution in [2.24, 2.45) is 5.92 Å². The number of fused-ring (bicyclic) bond motifs is 1. The van der Waals surface area contributed by atoms with Gasteiger partial charge in [-0.1, -0.05) is 17.7 Å². The van der Waals surface area contributed by atoms with Crippen molar-refractivity contribution < 1.29 is 13.2 Å². The molecule has 2 aliphatic rings. The predicted molar refractivity (Wildman–Crippen MR) is 110 cm³/mol. The fourth-order valence-electron chi connectivity index (χ4n) is 3.98. The molecule has 0 unspecified atom stereocenters. The van der Waals surface area contributed by atoms with E-state index in [1.807, 2.05) is 6.07 Å². The van der Waals surface area contributed by atoms with Gasteiger partial charge < -0.3 is 4.90 Å². The maximum absolute atomic E-state index is 12.7. The molecular weight excluding hydrogens is 396 g/mol. The van der Waals surface area contributed by atoms with Crippen LogP contribution in [0.2, 0.25) is 5.02 Å². The van der Waals surface area contributed by atoms with Gasteiger partial charge >= 0.3 is 0 Å². The number of amides is 1. The lowest BCUT2D eigenvalue weighted by Gasteiger charge is -2.18. The molecule has 1 heterocycles. The lowest BCUT2D eigenvalue weighted by molar-refractivity contribution is -0.117. The zero-order chi connectivity index (χ0) is 19.7. The molecule has 4 rings (SSSR count). The Morgan fingerprint density at radius 1 is 1.04 bits per heavy atom. The van der Waals surface area contributed by atoms with Crippen LogP contribution in [-0.4, -0.2) is 27.4 Å². The van der Waals surface area contributed by atoms with Gasteiger partial charge in [0.1, 0.15) is 0 Å². The Hall–Kier alpha value is -1.89. The summed E-state index contributed by atoms with van der Waals surface area (Å²) in [5, 5.41) is 0.616. The van der Waals surface area contributed by atoms with E-state index in [9.17, 15) is 13.2 Å². The summed E-state index contributed by atoms with van der Waals surface area (Å²) in [5.74, 6) is -0.0594. The number of nitrogens with one attached hydrogen (secondary N) is 1. The van der Waals surface area contributed by atoms with Gasteiger partial charge in [0.2, 0.25) is 15.9 Å². The molecule has 28 heavy (non-hydrogen) atoms. The highest BCUT2D eigenvalue weighted by Crippen LogP contribution is 2.27. The molecule has 2 aromatic rings. The maximum atomic E-state index is 12.7. The van der Waals surface area contributed by atoms with E-state index in [4.69, 9.17) is 11.6 Å². The van der Waals surface area contributed by atoms with E-state index >= 15 is 0 Å². The highest BCUT2D eigenvalue weighted by molar-refractivity contribution is 7.89. The summed E-state index contributed by atoms with van der Waals surface area (Å²) in [5.41, 5.74) is 3.18. The van der Waals surface area contributed by atoms with Crippen molar-refractivity contribution in [3.05, 3.63) is 58.6 Å². The second-order valence-electron chi connectivity index (χ2n) is 7.54. The topological polar surface area (TPSA) is 66.5 Å². The van der Waals surface area contributed by atoms with Crippen LogP contribution in [0, 0.1) is 5.92 Å². The Morgan fingerprint density at radius 3 is 2.50 bits per heavy atom. The van der Waals surface area contributed by atoms with Crippen LogP contribution < -0.4 is 9.62 Å². The smallest absolute Gasteiger partial charge is 0.240 e. The van der Waals surface area contributed by atoms with Crippen molar-refractivity contribution in [3.8, 4) is 0 Å². The third-order valence-electron chi connectivity index (χ3n) is 5.54. The van der Waals surface area contributed by atoms with Gasteiger partial charge in [-0.25, -0.2) is 13.1 Å². The minimum atomic E-state index is -3.58.